The third-order valence-electron chi connectivity index (χ3n) is 6.39. The van der Waals surface area contributed by atoms with Crippen molar-refractivity contribution in [2.24, 2.45) is 0 Å². The SMILES string of the molecule is Oc1ccc(Cl)cc1N1C(=S)NC(c2ccccn2)C1c1cccn1-c1ccc2ccccc2c1. The molecular formula is C28H21ClN4OS. The van der Waals surface area contributed by atoms with E-state index >= 15 is 0 Å². The molecule has 5 nitrogen and oxygen atoms in total. The zero-order valence-corrected chi connectivity index (χ0v) is 20.1. The molecule has 0 radical (unpaired) electrons. The Kier molecular flexibility index (Phi) is 5.40. The maximum Gasteiger partial charge on any atom is 0.174 e. The van der Waals surface area contributed by atoms with E-state index in [4.69, 9.17) is 23.8 Å². The van der Waals surface area contributed by atoms with Gasteiger partial charge in [-0.2, -0.15) is 0 Å². The molecule has 0 spiro atoms. The number of hydrogen-bond donors (Lipinski definition) is 2. The van der Waals surface area contributed by atoms with E-state index < -0.39 is 0 Å². The van der Waals surface area contributed by atoms with Crippen molar-refractivity contribution in [3.8, 4) is 11.4 Å². The molecule has 3 aromatic carbocycles. The third kappa shape index (κ3) is 3.81. The van der Waals surface area contributed by atoms with Gasteiger partial charge in [0, 0.05) is 28.8 Å². The lowest BCUT2D eigenvalue weighted by Crippen LogP contribution is -2.30. The molecule has 0 aliphatic carbocycles. The molecule has 2 aromatic heterocycles. The first-order valence-electron chi connectivity index (χ1n) is 11.3. The van der Waals surface area contributed by atoms with Crippen LogP contribution in [0.4, 0.5) is 5.69 Å². The average molecular weight is 497 g/mol. The van der Waals surface area contributed by atoms with Gasteiger partial charge in [-0.3, -0.25) is 4.98 Å². The first-order chi connectivity index (χ1) is 17.1. The molecule has 6 rings (SSSR count). The van der Waals surface area contributed by atoms with E-state index in [0.29, 0.717) is 15.8 Å². The lowest BCUT2D eigenvalue weighted by Gasteiger charge is -2.29. The van der Waals surface area contributed by atoms with Crippen molar-refractivity contribution in [2.75, 3.05) is 4.90 Å². The number of aromatic nitrogens is 2. The number of thiocarbonyl (C=S) groups is 1. The number of fused-ring (bicyclic) bond motifs is 1. The fourth-order valence-electron chi connectivity index (χ4n) is 4.80. The minimum absolute atomic E-state index is 0.106. The van der Waals surface area contributed by atoms with Crippen LogP contribution >= 0.6 is 23.8 Å². The molecule has 2 atom stereocenters. The first-order valence-corrected chi connectivity index (χ1v) is 12.0. The summed E-state index contributed by atoms with van der Waals surface area (Å²) < 4.78 is 2.16. The Bertz CT molecular complexity index is 1550. The Balaban J connectivity index is 1.54. The van der Waals surface area contributed by atoms with Crippen molar-refractivity contribution in [2.45, 2.75) is 12.1 Å². The van der Waals surface area contributed by atoms with Gasteiger partial charge < -0.3 is 19.9 Å². The summed E-state index contributed by atoms with van der Waals surface area (Å²) in [5, 5.41) is 17.6. The minimum atomic E-state index is -0.289. The molecule has 35 heavy (non-hydrogen) atoms. The monoisotopic (exact) mass is 496 g/mol. The van der Waals surface area contributed by atoms with Gasteiger partial charge in [-0.1, -0.05) is 48.0 Å². The zero-order chi connectivity index (χ0) is 23.9. The highest BCUT2D eigenvalue weighted by Gasteiger charge is 2.43. The van der Waals surface area contributed by atoms with Gasteiger partial charge in [0.25, 0.3) is 0 Å². The van der Waals surface area contributed by atoms with E-state index in [0.717, 1.165) is 22.5 Å². The molecule has 1 aliphatic rings. The number of pyridine rings is 1. The number of nitrogens with zero attached hydrogens (tertiary/aromatic N) is 3. The molecule has 2 unspecified atom stereocenters. The Hall–Kier alpha value is -3.87. The van der Waals surface area contributed by atoms with Crippen LogP contribution in [0.15, 0.2) is 103 Å². The van der Waals surface area contributed by atoms with Crippen LogP contribution in [0, 0.1) is 0 Å². The third-order valence-corrected chi connectivity index (χ3v) is 6.94. The van der Waals surface area contributed by atoms with E-state index in [2.05, 4.69) is 51.3 Å². The smallest absolute Gasteiger partial charge is 0.174 e. The number of anilines is 1. The number of halogens is 1. The molecule has 2 N–H and O–H groups in total. The number of benzene rings is 3. The number of nitrogens with one attached hydrogen (secondary N) is 1. The van der Waals surface area contributed by atoms with Crippen molar-refractivity contribution in [1.82, 2.24) is 14.9 Å². The molecular weight excluding hydrogens is 476 g/mol. The fraction of sp³-hybridized carbons (Fsp3) is 0.0714. The Morgan fingerprint density at radius 3 is 2.54 bits per heavy atom. The molecule has 172 valence electrons. The summed E-state index contributed by atoms with van der Waals surface area (Å²) in [5.41, 5.74) is 3.44. The summed E-state index contributed by atoms with van der Waals surface area (Å²) in [6, 6.07) is 29.1. The maximum atomic E-state index is 10.8. The summed E-state index contributed by atoms with van der Waals surface area (Å²) in [4.78, 5) is 6.55. The molecule has 0 saturated carbocycles. The van der Waals surface area contributed by atoms with Gasteiger partial charge in [-0.15, -0.1) is 0 Å². The molecule has 0 amide bonds. The fourth-order valence-corrected chi connectivity index (χ4v) is 5.31. The molecule has 3 heterocycles. The van der Waals surface area contributed by atoms with Gasteiger partial charge >= 0.3 is 0 Å². The summed E-state index contributed by atoms with van der Waals surface area (Å²) >= 11 is 12.1. The molecule has 1 aliphatic heterocycles. The molecule has 5 aromatic rings. The van der Waals surface area contributed by atoms with Gasteiger partial charge in [0.05, 0.1) is 17.4 Å². The second-order valence-corrected chi connectivity index (χ2v) is 9.29. The van der Waals surface area contributed by atoms with Crippen LogP contribution in [0.3, 0.4) is 0 Å². The summed E-state index contributed by atoms with van der Waals surface area (Å²) in [6.45, 7) is 0. The Labute approximate surface area is 213 Å². The maximum absolute atomic E-state index is 10.8. The van der Waals surface area contributed by atoms with E-state index in [1.807, 2.05) is 47.5 Å². The zero-order valence-electron chi connectivity index (χ0n) is 18.5. The van der Waals surface area contributed by atoms with Crippen LogP contribution in [0.1, 0.15) is 23.5 Å². The highest BCUT2D eigenvalue weighted by molar-refractivity contribution is 7.80. The molecule has 1 fully saturated rings. The largest absolute Gasteiger partial charge is 0.506 e. The van der Waals surface area contributed by atoms with E-state index in [-0.39, 0.29) is 17.8 Å². The van der Waals surface area contributed by atoms with Gasteiger partial charge in [-0.05, 0) is 77.6 Å². The average Bonchev–Trinajstić information content (AvgIpc) is 3.50. The molecule has 0 bridgehead atoms. The second-order valence-electron chi connectivity index (χ2n) is 8.46. The topological polar surface area (TPSA) is 53.3 Å². The number of rotatable bonds is 4. The predicted molar refractivity (Wildman–Crippen MR) is 144 cm³/mol. The van der Waals surface area contributed by atoms with Gasteiger partial charge in [0.1, 0.15) is 11.8 Å². The standard InChI is InChI=1S/C28H21ClN4OS/c29-20-11-13-25(34)24(17-20)33-27(26(31-28(33)35)22-8-3-4-14-30-22)23-9-5-15-32(23)21-12-10-18-6-1-2-7-19(18)16-21/h1-17,26-27,34H,(H,31,35). The van der Waals surface area contributed by atoms with Crippen LogP contribution in [0.25, 0.3) is 16.5 Å². The quantitative estimate of drug-likeness (QED) is 0.276. The summed E-state index contributed by atoms with van der Waals surface area (Å²) in [6.07, 6.45) is 3.82. The summed E-state index contributed by atoms with van der Waals surface area (Å²) in [7, 11) is 0. The second kappa shape index (κ2) is 8.73. The van der Waals surface area contributed by atoms with E-state index in [1.165, 1.54) is 5.39 Å². The van der Waals surface area contributed by atoms with E-state index in [9.17, 15) is 5.11 Å². The van der Waals surface area contributed by atoms with Crippen molar-refractivity contribution < 1.29 is 5.11 Å². The number of phenols is 1. The van der Waals surface area contributed by atoms with Crippen molar-refractivity contribution in [1.29, 1.82) is 0 Å². The van der Waals surface area contributed by atoms with Gasteiger partial charge in [0.2, 0.25) is 0 Å². The predicted octanol–water partition coefficient (Wildman–Crippen LogP) is 6.56. The van der Waals surface area contributed by atoms with Crippen LogP contribution in [-0.2, 0) is 0 Å². The van der Waals surface area contributed by atoms with Crippen LogP contribution < -0.4 is 10.2 Å². The van der Waals surface area contributed by atoms with Crippen LogP contribution in [-0.4, -0.2) is 19.8 Å². The van der Waals surface area contributed by atoms with Crippen molar-refractivity contribution in [3.05, 3.63) is 120 Å². The lowest BCUT2D eigenvalue weighted by atomic mass is 10.0. The van der Waals surface area contributed by atoms with Gasteiger partial charge in [-0.25, -0.2) is 0 Å². The number of phenolic OH excluding ortho intramolecular Hbond substituents is 1. The van der Waals surface area contributed by atoms with Crippen molar-refractivity contribution >= 4 is 45.4 Å². The van der Waals surface area contributed by atoms with Crippen molar-refractivity contribution in [3.63, 3.8) is 0 Å². The first kappa shape index (κ1) is 21.6. The minimum Gasteiger partial charge on any atom is -0.506 e. The van der Waals surface area contributed by atoms with Crippen LogP contribution in [0.2, 0.25) is 5.02 Å². The Morgan fingerprint density at radius 1 is 0.886 bits per heavy atom. The number of aromatic hydroxyl groups is 1. The highest BCUT2D eigenvalue weighted by atomic mass is 35.5. The molecule has 1 saturated heterocycles. The Morgan fingerprint density at radius 2 is 1.71 bits per heavy atom. The van der Waals surface area contributed by atoms with E-state index in [1.54, 1.807) is 24.4 Å². The van der Waals surface area contributed by atoms with Crippen LogP contribution in [0.5, 0.6) is 5.75 Å². The number of hydrogen-bond acceptors (Lipinski definition) is 3. The normalized spacial score (nSPS) is 17.6. The molecule has 7 heteroatoms. The lowest BCUT2D eigenvalue weighted by molar-refractivity contribution is 0.472. The highest BCUT2D eigenvalue weighted by Crippen LogP contribution is 2.45. The summed E-state index contributed by atoms with van der Waals surface area (Å²) in [5.74, 6) is 0.106. The van der Waals surface area contributed by atoms with Gasteiger partial charge in [0.15, 0.2) is 5.11 Å².